The molecule has 1 fully saturated rings. The maximum Gasteiger partial charge on any atom is 0.342 e. The number of nitrogens with zero attached hydrogens (tertiary/aromatic N) is 1. The monoisotopic (exact) mass is 250 g/mol. The van der Waals surface area contributed by atoms with Gasteiger partial charge in [0.1, 0.15) is 11.3 Å². The van der Waals surface area contributed by atoms with Crippen LogP contribution in [-0.2, 0) is 0 Å². The predicted octanol–water partition coefficient (Wildman–Crippen LogP) is 2.50. The molecule has 6 nitrogen and oxygen atoms in total. The van der Waals surface area contributed by atoms with Crippen molar-refractivity contribution in [1.82, 2.24) is 0 Å². The fourth-order valence-electron chi connectivity index (χ4n) is 1.93. The molecule has 1 aromatic rings. The van der Waals surface area contributed by atoms with Gasteiger partial charge in [0.05, 0.1) is 4.92 Å². The number of nitro groups is 1. The zero-order chi connectivity index (χ0) is 13.5. The van der Waals surface area contributed by atoms with Crippen LogP contribution in [0.25, 0.3) is 0 Å². The van der Waals surface area contributed by atoms with E-state index in [9.17, 15) is 14.9 Å². The van der Waals surface area contributed by atoms with Crippen LogP contribution in [0.15, 0.2) is 18.2 Å². The van der Waals surface area contributed by atoms with Crippen LogP contribution < -0.4 is 5.32 Å². The van der Waals surface area contributed by atoms with Crippen molar-refractivity contribution in [3.8, 4) is 0 Å². The van der Waals surface area contributed by atoms with Crippen LogP contribution in [0.3, 0.4) is 0 Å². The minimum Gasteiger partial charge on any atom is -0.477 e. The van der Waals surface area contributed by atoms with Gasteiger partial charge in [0.25, 0.3) is 0 Å². The number of carboxylic acid groups (broad SMARTS) is 1. The second-order valence-corrected chi connectivity index (χ2v) is 5.15. The first kappa shape index (κ1) is 12.3. The summed E-state index contributed by atoms with van der Waals surface area (Å²) in [4.78, 5) is 21.3. The lowest BCUT2D eigenvalue weighted by Crippen LogP contribution is -2.12. The Balaban J connectivity index is 2.38. The number of aromatic carboxylic acids is 1. The topological polar surface area (TPSA) is 92.5 Å². The van der Waals surface area contributed by atoms with Crippen LogP contribution in [-0.4, -0.2) is 22.0 Å². The van der Waals surface area contributed by atoms with Crippen LogP contribution in [0.4, 0.5) is 11.4 Å². The van der Waals surface area contributed by atoms with Crippen LogP contribution in [0, 0.1) is 15.5 Å². The number of nitro benzene ring substituents is 1. The zero-order valence-corrected chi connectivity index (χ0v) is 10.1. The average molecular weight is 250 g/mol. The third-order valence-electron chi connectivity index (χ3n) is 3.29. The molecule has 1 unspecified atom stereocenters. The van der Waals surface area contributed by atoms with E-state index in [1.54, 1.807) is 6.07 Å². The molecule has 0 heterocycles. The molecule has 1 aliphatic carbocycles. The number of benzene rings is 1. The normalized spacial score (nSPS) is 20.2. The molecule has 0 amide bonds. The Bertz CT molecular complexity index is 525. The van der Waals surface area contributed by atoms with Gasteiger partial charge in [-0.15, -0.1) is 0 Å². The third-order valence-corrected chi connectivity index (χ3v) is 3.29. The van der Waals surface area contributed by atoms with E-state index in [0.29, 0.717) is 0 Å². The van der Waals surface area contributed by atoms with Crippen molar-refractivity contribution < 1.29 is 14.8 Å². The highest BCUT2D eigenvalue weighted by Gasteiger charge is 2.46. The van der Waals surface area contributed by atoms with Crippen LogP contribution in [0.2, 0.25) is 0 Å². The standard InChI is InChI=1S/C12H14N2O4/c1-12(2)6-9(12)13-8-5-3-4-7(11(15)16)10(8)14(17)18/h3-5,9,13H,6H2,1-2H3,(H,15,16). The largest absolute Gasteiger partial charge is 0.477 e. The first-order valence-corrected chi connectivity index (χ1v) is 5.60. The summed E-state index contributed by atoms with van der Waals surface area (Å²) >= 11 is 0. The average Bonchev–Trinajstić information content (AvgIpc) is 2.85. The van der Waals surface area contributed by atoms with E-state index >= 15 is 0 Å². The maximum absolute atomic E-state index is 11.0. The molecular formula is C12H14N2O4. The minimum absolute atomic E-state index is 0.104. The van der Waals surface area contributed by atoms with Gasteiger partial charge in [-0.05, 0) is 24.0 Å². The highest BCUT2D eigenvalue weighted by Crippen LogP contribution is 2.47. The molecule has 6 heteroatoms. The van der Waals surface area contributed by atoms with E-state index < -0.39 is 10.9 Å². The maximum atomic E-state index is 11.0. The molecule has 18 heavy (non-hydrogen) atoms. The van der Waals surface area contributed by atoms with E-state index in [0.717, 1.165) is 6.42 Å². The first-order valence-electron chi connectivity index (χ1n) is 5.60. The number of carbonyl (C=O) groups is 1. The lowest BCUT2D eigenvalue weighted by molar-refractivity contribution is -0.384. The Hall–Kier alpha value is -2.11. The molecule has 0 aliphatic heterocycles. The summed E-state index contributed by atoms with van der Waals surface area (Å²) < 4.78 is 0. The molecule has 0 saturated heterocycles. The van der Waals surface area contributed by atoms with Crippen molar-refractivity contribution in [1.29, 1.82) is 0 Å². The molecule has 1 aromatic carbocycles. The summed E-state index contributed by atoms with van der Waals surface area (Å²) in [7, 11) is 0. The molecule has 2 rings (SSSR count). The second kappa shape index (κ2) is 3.97. The molecule has 1 saturated carbocycles. The number of hydrogen-bond acceptors (Lipinski definition) is 4. The second-order valence-electron chi connectivity index (χ2n) is 5.15. The zero-order valence-electron chi connectivity index (χ0n) is 10.1. The SMILES string of the molecule is CC1(C)CC1Nc1cccc(C(=O)O)c1[N+](=O)[O-]. The van der Waals surface area contributed by atoms with E-state index in [4.69, 9.17) is 5.11 Å². The third kappa shape index (κ3) is 2.13. The lowest BCUT2D eigenvalue weighted by atomic mass is 10.1. The van der Waals surface area contributed by atoms with Gasteiger partial charge < -0.3 is 10.4 Å². The highest BCUT2D eigenvalue weighted by molar-refractivity contribution is 5.95. The molecule has 1 atom stereocenters. The molecule has 2 N–H and O–H groups in total. The van der Waals surface area contributed by atoms with Gasteiger partial charge in [-0.1, -0.05) is 19.9 Å². The first-order chi connectivity index (χ1) is 8.33. The van der Waals surface area contributed by atoms with Crippen LogP contribution in [0.5, 0.6) is 0 Å². The van der Waals surface area contributed by atoms with E-state index in [1.807, 2.05) is 0 Å². The molecule has 0 aromatic heterocycles. The quantitative estimate of drug-likeness (QED) is 0.632. The summed E-state index contributed by atoms with van der Waals surface area (Å²) in [5.74, 6) is -1.29. The molecule has 0 radical (unpaired) electrons. The molecular weight excluding hydrogens is 236 g/mol. The Kier molecular flexibility index (Phi) is 2.73. The van der Waals surface area contributed by atoms with Gasteiger partial charge in [-0.2, -0.15) is 0 Å². The van der Waals surface area contributed by atoms with Crippen molar-refractivity contribution in [2.75, 3.05) is 5.32 Å². The van der Waals surface area contributed by atoms with Gasteiger partial charge in [-0.3, -0.25) is 10.1 Å². The number of hydrogen-bond donors (Lipinski definition) is 2. The smallest absolute Gasteiger partial charge is 0.342 e. The van der Waals surface area contributed by atoms with Crippen LogP contribution in [0.1, 0.15) is 30.6 Å². The number of anilines is 1. The number of carboxylic acids is 1. The van der Waals surface area contributed by atoms with Crippen molar-refractivity contribution in [2.24, 2.45) is 5.41 Å². The fourth-order valence-corrected chi connectivity index (χ4v) is 1.93. The summed E-state index contributed by atoms with van der Waals surface area (Å²) in [6.45, 7) is 4.11. The fraction of sp³-hybridized carbons (Fsp3) is 0.417. The van der Waals surface area contributed by atoms with Crippen LogP contribution >= 0.6 is 0 Å². The Labute approximate surface area is 104 Å². The van der Waals surface area contributed by atoms with Gasteiger partial charge in [0.2, 0.25) is 0 Å². The van der Waals surface area contributed by atoms with Crippen molar-refractivity contribution in [3.05, 3.63) is 33.9 Å². The van der Waals surface area contributed by atoms with Gasteiger partial charge in [0.15, 0.2) is 0 Å². The van der Waals surface area contributed by atoms with Gasteiger partial charge in [0, 0.05) is 6.04 Å². The van der Waals surface area contributed by atoms with E-state index in [2.05, 4.69) is 19.2 Å². The predicted molar refractivity (Wildman–Crippen MR) is 65.9 cm³/mol. The summed E-state index contributed by atoms with van der Waals surface area (Å²) in [6.07, 6.45) is 0.918. The summed E-state index contributed by atoms with van der Waals surface area (Å²) in [5, 5.41) is 23.0. The van der Waals surface area contributed by atoms with Gasteiger partial charge >= 0.3 is 11.7 Å². The lowest BCUT2D eigenvalue weighted by Gasteiger charge is -2.09. The van der Waals surface area contributed by atoms with E-state index in [-0.39, 0.29) is 28.4 Å². The molecule has 0 bridgehead atoms. The Morgan fingerprint density at radius 2 is 2.17 bits per heavy atom. The number of para-hydroxylation sites is 1. The number of rotatable bonds is 4. The minimum atomic E-state index is -1.29. The van der Waals surface area contributed by atoms with Crippen molar-refractivity contribution >= 4 is 17.3 Å². The molecule has 96 valence electrons. The van der Waals surface area contributed by atoms with Crippen molar-refractivity contribution in [3.63, 3.8) is 0 Å². The molecule has 1 aliphatic rings. The summed E-state index contributed by atoms with van der Waals surface area (Å²) in [5.41, 5.74) is -0.278. The highest BCUT2D eigenvalue weighted by atomic mass is 16.6. The Morgan fingerprint density at radius 1 is 1.56 bits per heavy atom. The number of nitrogens with one attached hydrogen (secondary N) is 1. The van der Waals surface area contributed by atoms with E-state index in [1.165, 1.54) is 12.1 Å². The Morgan fingerprint density at radius 3 is 2.61 bits per heavy atom. The van der Waals surface area contributed by atoms with Gasteiger partial charge in [-0.25, -0.2) is 4.79 Å². The molecule has 0 spiro atoms. The summed E-state index contributed by atoms with van der Waals surface area (Å²) in [6, 6.07) is 4.44. The van der Waals surface area contributed by atoms with Crippen molar-refractivity contribution in [2.45, 2.75) is 26.3 Å².